The summed E-state index contributed by atoms with van der Waals surface area (Å²) in [5.41, 5.74) is 0. The van der Waals surface area contributed by atoms with E-state index in [2.05, 4.69) is 12.2 Å². The molecule has 1 unspecified atom stereocenters. The van der Waals surface area contributed by atoms with Gasteiger partial charge in [0.25, 0.3) is 0 Å². The van der Waals surface area contributed by atoms with Crippen LogP contribution in [-0.2, 0) is 0 Å². The molecule has 1 atom stereocenters. The Morgan fingerprint density at radius 3 is 2.71 bits per heavy atom. The number of hydrogen-bond acceptors (Lipinski definition) is 2. The second-order valence-corrected chi connectivity index (χ2v) is 4.43. The van der Waals surface area contributed by atoms with Gasteiger partial charge in [-0.25, -0.2) is 0 Å². The second-order valence-electron chi connectivity index (χ2n) is 4.05. The van der Waals surface area contributed by atoms with Gasteiger partial charge in [-0.2, -0.15) is 0 Å². The number of rotatable bonds is 9. The SMILES string of the molecule is CCC(CCCl)NCCCOc1ccccc1. The fraction of sp³-hybridized carbons (Fsp3) is 0.571. The largest absolute Gasteiger partial charge is 0.494 e. The maximum absolute atomic E-state index is 5.73. The molecule has 0 radical (unpaired) electrons. The topological polar surface area (TPSA) is 21.3 Å². The number of para-hydroxylation sites is 1. The number of nitrogens with one attached hydrogen (secondary N) is 1. The van der Waals surface area contributed by atoms with Crippen molar-refractivity contribution in [3.8, 4) is 5.75 Å². The van der Waals surface area contributed by atoms with E-state index in [9.17, 15) is 0 Å². The lowest BCUT2D eigenvalue weighted by Crippen LogP contribution is -2.30. The van der Waals surface area contributed by atoms with Crippen LogP contribution in [0.3, 0.4) is 0 Å². The predicted octanol–water partition coefficient (Wildman–Crippen LogP) is 3.45. The van der Waals surface area contributed by atoms with Crippen LogP contribution in [0.1, 0.15) is 26.2 Å². The number of halogens is 1. The molecule has 17 heavy (non-hydrogen) atoms. The average Bonchev–Trinajstić information content (AvgIpc) is 2.38. The second kappa shape index (κ2) is 9.32. The molecule has 1 aromatic rings. The van der Waals surface area contributed by atoms with Crippen molar-refractivity contribution in [2.75, 3.05) is 19.0 Å². The minimum atomic E-state index is 0.546. The molecule has 0 aliphatic rings. The van der Waals surface area contributed by atoms with Crippen LogP contribution < -0.4 is 10.1 Å². The van der Waals surface area contributed by atoms with Gasteiger partial charge in [0.2, 0.25) is 0 Å². The van der Waals surface area contributed by atoms with Gasteiger partial charge in [-0.05, 0) is 37.9 Å². The van der Waals surface area contributed by atoms with E-state index in [1.807, 2.05) is 30.3 Å². The molecule has 0 spiro atoms. The molecule has 3 heteroatoms. The summed E-state index contributed by atoms with van der Waals surface area (Å²) < 4.78 is 5.62. The molecule has 0 bridgehead atoms. The predicted molar refractivity (Wildman–Crippen MR) is 74.0 cm³/mol. The zero-order chi connectivity index (χ0) is 12.3. The van der Waals surface area contributed by atoms with Crippen LogP contribution in [-0.4, -0.2) is 25.1 Å². The van der Waals surface area contributed by atoms with E-state index < -0.39 is 0 Å². The lowest BCUT2D eigenvalue weighted by Gasteiger charge is -2.15. The summed E-state index contributed by atoms with van der Waals surface area (Å²) in [4.78, 5) is 0. The molecule has 0 aliphatic heterocycles. The molecule has 1 N–H and O–H groups in total. The Morgan fingerprint density at radius 2 is 2.06 bits per heavy atom. The minimum Gasteiger partial charge on any atom is -0.494 e. The third kappa shape index (κ3) is 6.54. The monoisotopic (exact) mass is 255 g/mol. The average molecular weight is 256 g/mol. The summed E-state index contributed by atoms with van der Waals surface area (Å²) in [5.74, 6) is 1.67. The fourth-order valence-electron chi connectivity index (χ4n) is 1.67. The van der Waals surface area contributed by atoms with Crippen LogP contribution in [0.4, 0.5) is 0 Å². The van der Waals surface area contributed by atoms with Crippen LogP contribution in [0.5, 0.6) is 5.75 Å². The molecule has 1 rings (SSSR count). The first-order valence-electron chi connectivity index (χ1n) is 6.34. The summed E-state index contributed by atoms with van der Waals surface area (Å²) in [6, 6.07) is 10.5. The van der Waals surface area contributed by atoms with E-state index in [1.165, 1.54) is 0 Å². The normalized spacial score (nSPS) is 12.4. The van der Waals surface area contributed by atoms with Gasteiger partial charge in [0.1, 0.15) is 5.75 Å². The molecule has 1 aromatic carbocycles. The van der Waals surface area contributed by atoms with Crippen LogP contribution in [0.15, 0.2) is 30.3 Å². The van der Waals surface area contributed by atoms with E-state index >= 15 is 0 Å². The summed E-state index contributed by atoms with van der Waals surface area (Å²) >= 11 is 5.73. The van der Waals surface area contributed by atoms with Gasteiger partial charge < -0.3 is 10.1 Å². The van der Waals surface area contributed by atoms with Crippen molar-refractivity contribution < 1.29 is 4.74 Å². The van der Waals surface area contributed by atoms with Gasteiger partial charge in [0.05, 0.1) is 6.61 Å². The smallest absolute Gasteiger partial charge is 0.119 e. The highest BCUT2D eigenvalue weighted by Crippen LogP contribution is 2.08. The Labute approximate surface area is 109 Å². The number of alkyl halides is 1. The molecule has 0 aliphatic carbocycles. The quantitative estimate of drug-likeness (QED) is 0.539. The summed E-state index contributed by atoms with van der Waals surface area (Å²) in [6.07, 6.45) is 3.19. The van der Waals surface area contributed by atoms with E-state index in [0.717, 1.165) is 44.0 Å². The minimum absolute atomic E-state index is 0.546. The van der Waals surface area contributed by atoms with Gasteiger partial charge in [-0.15, -0.1) is 11.6 Å². The first-order valence-corrected chi connectivity index (χ1v) is 6.87. The van der Waals surface area contributed by atoms with Crippen LogP contribution in [0.25, 0.3) is 0 Å². The van der Waals surface area contributed by atoms with Crippen LogP contribution in [0.2, 0.25) is 0 Å². The molecule has 0 saturated carbocycles. The fourth-order valence-corrected chi connectivity index (χ4v) is 1.93. The van der Waals surface area contributed by atoms with Crippen LogP contribution >= 0.6 is 11.6 Å². The Kier molecular flexibility index (Phi) is 7.85. The third-order valence-corrected chi connectivity index (χ3v) is 2.93. The van der Waals surface area contributed by atoms with Crippen molar-refractivity contribution in [1.29, 1.82) is 0 Å². The molecule has 0 amide bonds. The zero-order valence-electron chi connectivity index (χ0n) is 10.5. The Balaban J connectivity index is 2.04. The van der Waals surface area contributed by atoms with Crippen molar-refractivity contribution in [3.05, 3.63) is 30.3 Å². The standard InChI is InChI=1S/C14H22ClNO/c1-2-13(9-10-15)16-11-6-12-17-14-7-4-3-5-8-14/h3-5,7-8,13,16H,2,6,9-12H2,1H3. The number of ether oxygens (including phenoxy) is 1. The van der Waals surface area contributed by atoms with E-state index in [4.69, 9.17) is 16.3 Å². The molecule has 96 valence electrons. The zero-order valence-corrected chi connectivity index (χ0v) is 11.2. The summed E-state index contributed by atoms with van der Waals surface area (Å²) in [6.45, 7) is 3.93. The van der Waals surface area contributed by atoms with Gasteiger partial charge in [0, 0.05) is 11.9 Å². The van der Waals surface area contributed by atoms with Crippen molar-refractivity contribution in [3.63, 3.8) is 0 Å². The van der Waals surface area contributed by atoms with E-state index in [1.54, 1.807) is 0 Å². The maximum Gasteiger partial charge on any atom is 0.119 e. The first kappa shape index (κ1) is 14.3. The van der Waals surface area contributed by atoms with Crippen molar-refractivity contribution in [1.82, 2.24) is 5.32 Å². The van der Waals surface area contributed by atoms with Crippen molar-refractivity contribution >= 4 is 11.6 Å². The molecular formula is C14H22ClNO. The van der Waals surface area contributed by atoms with Crippen LogP contribution in [0, 0.1) is 0 Å². The lowest BCUT2D eigenvalue weighted by atomic mass is 10.2. The van der Waals surface area contributed by atoms with Crippen molar-refractivity contribution in [2.24, 2.45) is 0 Å². The van der Waals surface area contributed by atoms with Gasteiger partial charge in [0.15, 0.2) is 0 Å². The number of hydrogen-bond donors (Lipinski definition) is 1. The van der Waals surface area contributed by atoms with Gasteiger partial charge in [-0.3, -0.25) is 0 Å². The number of benzene rings is 1. The first-order chi connectivity index (χ1) is 8.36. The molecule has 0 saturated heterocycles. The lowest BCUT2D eigenvalue weighted by molar-refractivity contribution is 0.303. The summed E-state index contributed by atoms with van der Waals surface area (Å²) in [5, 5.41) is 3.49. The van der Waals surface area contributed by atoms with Crippen molar-refractivity contribution in [2.45, 2.75) is 32.2 Å². The highest BCUT2D eigenvalue weighted by molar-refractivity contribution is 6.17. The molecule has 0 heterocycles. The third-order valence-electron chi connectivity index (χ3n) is 2.72. The Bertz CT molecular complexity index is 279. The molecular weight excluding hydrogens is 234 g/mol. The molecule has 2 nitrogen and oxygen atoms in total. The van der Waals surface area contributed by atoms with Gasteiger partial charge in [-0.1, -0.05) is 25.1 Å². The van der Waals surface area contributed by atoms with Gasteiger partial charge >= 0.3 is 0 Å². The van der Waals surface area contributed by atoms with E-state index in [0.29, 0.717) is 6.04 Å². The molecule has 0 fully saturated rings. The highest BCUT2D eigenvalue weighted by Gasteiger charge is 2.03. The highest BCUT2D eigenvalue weighted by atomic mass is 35.5. The molecule has 0 aromatic heterocycles. The summed E-state index contributed by atoms with van der Waals surface area (Å²) in [7, 11) is 0. The van der Waals surface area contributed by atoms with E-state index in [-0.39, 0.29) is 0 Å². The Morgan fingerprint density at radius 1 is 1.29 bits per heavy atom. The maximum atomic E-state index is 5.73. The Hall–Kier alpha value is -0.730.